The maximum absolute atomic E-state index is 15.6. The largest absolute Gasteiger partial charge is 0.490 e. The second-order valence-corrected chi connectivity index (χ2v) is 14.2. The summed E-state index contributed by atoms with van der Waals surface area (Å²) >= 11 is 0. The van der Waals surface area contributed by atoms with Gasteiger partial charge >= 0.3 is 5.69 Å². The molecule has 1 saturated heterocycles. The molecule has 1 aliphatic rings. The fraction of sp³-hybridized carbons (Fsp3) is 0.517. The van der Waals surface area contributed by atoms with Crippen LogP contribution in [0.3, 0.4) is 0 Å². The van der Waals surface area contributed by atoms with E-state index in [1.54, 1.807) is 13.8 Å². The number of halogens is 3. The minimum atomic E-state index is -3.17. The quantitative estimate of drug-likeness (QED) is 0.351. The zero-order valence-electron chi connectivity index (χ0n) is 23.7. The molecule has 4 rings (SSSR count). The number of carbonyl (C=O) groups excluding carboxylic acids is 1. The maximum Gasteiger partial charge on any atom is 0.334 e. The lowest BCUT2D eigenvalue weighted by atomic mass is 9.78. The molecule has 2 atom stereocenters. The molecule has 1 fully saturated rings. The van der Waals surface area contributed by atoms with Crippen LogP contribution in [-0.4, -0.2) is 58.3 Å². The predicted octanol–water partition coefficient (Wildman–Crippen LogP) is 4.93. The molecule has 41 heavy (non-hydrogen) atoms. The second-order valence-electron chi connectivity index (χ2n) is 11.9. The Bertz CT molecular complexity index is 1640. The third-order valence-corrected chi connectivity index (χ3v) is 9.58. The van der Waals surface area contributed by atoms with Gasteiger partial charge in [-0.2, -0.15) is 0 Å². The van der Waals surface area contributed by atoms with Crippen LogP contribution in [0.25, 0.3) is 16.7 Å². The molecule has 224 valence electrons. The van der Waals surface area contributed by atoms with Crippen LogP contribution in [0.4, 0.5) is 13.2 Å². The van der Waals surface area contributed by atoms with Gasteiger partial charge in [0.1, 0.15) is 40.0 Å². The number of rotatable bonds is 9. The third-order valence-electron chi connectivity index (χ3n) is 7.93. The van der Waals surface area contributed by atoms with E-state index < -0.39 is 56.2 Å². The van der Waals surface area contributed by atoms with Crippen molar-refractivity contribution < 1.29 is 36.2 Å². The van der Waals surface area contributed by atoms with Crippen LogP contribution in [-0.2, 0) is 9.84 Å². The number of ether oxygens (including phenoxy) is 1. The summed E-state index contributed by atoms with van der Waals surface area (Å²) in [6.45, 7) is 7.31. The Morgan fingerprint density at radius 1 is 1.10 bits per heavy atom. The number of ketones is 1. The molecule has 2 heterocycles. The first-order valence-corrected chi connectivity index (χ1v) is 15.2. The summed E-state index contributed by atoms with van der Waals surface area (Å²) in [5, 5.41) is 10.8. The van der Waals surface area contributed by atoms with Crippen LogP contribution in [0, 0.1) is 17.0 Å². The summed E-state index contributed by atoms with van der Waals surface area (Å²) in [6.07, 6.45) is -0.870. The number of fused-ring (bicyclic) bond motifs is 1. The van der Waals surface area contributed by atoms with E-state index in [0.29, 0.717) is 0 Å². The molecule has 0 aliphatic carbocycles. The Hall–Kier alpha value is -3.12. The van der Waals surface area contributed by atoms with Crippen molar-refractivity contribution in [1.29, 1.82) is 0 Å². The molecule has 0 bridgehead atoms. The van der Waals surface area contributed by atoms with Gasteiger partial charge in [-0.3, -0.25) is 13.9 Å². The summed E-state index contributed by atoms with van der Waals surface area (Å²) < 4.78 is 75.3. The van der Waals surface area contributed by atoms with E-state index in [-0.39, 0.29) is 65.4 Å². The van der Waals surface area contributed by atoms with Crippen LogP contribution >= 0.6 is 0 Å². The fourth-order valence-corrected chi connectivity index (χ4v) is 6.84. The third kappa shape index (κ3) is 6.38. The van der Waals surface area contributed by atoms with Crippen LogP contribution in [0.15, 0.2) is 35.1 Å². The minimum Gasteiger partial charge on any atom is -0.490 e. The molecule has 0 saturated carbocycles. The molecular weight excluding hydrogens is 561 g/mol. The van der Waals surface area contributed by atoms with Crippen molar-refractivity contribution in [3.05, 3.63) is 58.0 Å². The van der Waals surface area contributed by atoms with Gasteiger partial charge in [0.15, 0.2) is 5.78 Å². The van der Waals surface area contributed by atoms with E-state index in [2.05, 4.69) is 0 Å². The standard InChI is InChI=1S/C29H35F3N2O6S/c1-17(30)16-40-19-6-7-21(31)23(12-19)34-25-14-22(32)20(13-24(25)33(27(34)36)18(2)28(3,4)37)26(35)15-29(5)8-10-41(38,39)11-9-29/h6-7,12-14,17-18,37H,8-11,15-16H2,1-5H3/t17?,18-/m1/s1. The number of nitrogens with zero attached hydrogens (tertiary/aromatic N) is 2. The van der Waals surface area contributed by atoms with Gasteiger partial charge in [0.05, 0.1) is 45.4 Å². The molecule has 2 aromatic carbocycles. The first-order valence-electron chi connectivity index (χ1n) is 13.4. The Morgan fingerprint density at radius 2 is 1.73 bits per heavy atom. The van der Waals surface area contributed by atoms with Crippen LogP contribution in [0.2, 0.25) is 0 Å². The van der Waals surface area contributed by atoms with E-state index in [4.69, 9.17) is 4.74 Å². The number of hydrogen-bond donors (Lipinski definition) is 1. The Morgan fingerprint density at radius 3 is 2.32 bits per heavy atom. The highest BCUT2D eigenvalue weighted by Crippen LogP contribution is 2.37. The molecule has 0 spiro atoms. The molecule has 3 aromatic rings. The first kappa shape index (κ1) is 30.8. The monoisotopic (exact) mass is 596 g/mol. The van der Waals surface area contributed by atoms with Gasteiger partial charge in [-0.15, -0.1) is 0 Å². The summed E-state index contributed by atoms with van der Waals surface area (Å²) in [4.78, 5) is 27.2. The number of aliphatic hydroxyl groups is 1. The number of carbonyl (C=O) groups is 1. The van der Waals surface area contributed by atoms with Crippen molar-refractivity contribution in [3.63, 3.8) is 0 Å². The van der Waals surface area contributed by atoms with Crippen molar-refractivity contribution in [3.8, 4) is 11.4 Å². The van der Waals surface area contributed by atoms with Crippen LogP contribution < -0.4 is 10.4 Å². The summed E-state index contributed by atoms with van der Waals surface area (Å²) in [5.74, 6) is -2.34. The highest BCUT2D eigenvalue weighted by molar-refractivity contribution is 7.91. The highest BCUT2D eigenvalue weighted by Gasteiger charge is 2.36. The molecule has 8 nitrogen and oxygen atoms in total. The highest BCUT2D eigenvalue weighted by atomic mass is 32.2. The molecule has 1 aliphatic heterocycles. The van der Waals surface area contributed by atoms with Gasteiger partial charge in [-0.1, -0.05) is 6.92 Å². The lowest BCUT2D eigenvalue weighted by Crippen LogP contribution is -2.37. The van der Waals surface area contributed by atoms with E-state index in [0.717, 1.165) is 16.7 Å². The number of imidazole rings is 1. The van der Waals surface area contributed by atoms with Gasteiger partial charge in [0, 0.05) is 18.6 Å². The lowest BCUT2D eigenvalue weighted by molar-refractivity contribution is 0.0307. The van der Waals surface area contributed by atoms with Gasteiger partial charge in [0.25, 0.3) is 0 Å². The minimum absolute atomic E-state index is 0.0509. The van der Waals surface area contributed by atoms with Gasteiger partial charge in [-0.25, -0.2) is 26.4 Å². The molecule has 12 heteroatoms. The van der Waals surface area contributed by atoms with Crippen molar-refractivity contribution in [2.24, 2.45) is 5.41 Å². The van der Waals surface area contributed by atoms with E-state index in [9.17, 15) is 27.5 Å². The van der Waals surface area contributed by atoms with Crippen molar-refractivity contribution in [1.82, 2.24) is 9.13 Å². The number of aromatic nitrogens is 2. The number of Topliss-reactive ketones (excluding diaryl/α,β-unsaturated/α-hetero) is 1. The topological polar surface area (TPSA) is 108 Å². The zero-order chi connectivity index (χ0) is 30.5. The normalized spacial score (nSPS) is 18.3. The zero-order valence-corrected chi connectivity index (χ0v) is 24.5. The van der Waals surface area contributed by atoms with E-state index in [1.807, 2.05) is 0 Å². The average Bonchev–Trinajstić information content (AvgIpc) is 3.14. The van der Waals surface area contributed by atoms with E-state index in [1.165, 1.54) is 43.5 Å². The number of hydrogen-bond acceptors (Lipinski definition) is 6. The average molecular weight is 597 g/mol. The number of benzene rings is 2. The molecule has 0 radical (unpaired) electrons. The molecule has 1 unspecified atom stereocenters. The van der Waals surface area contributed by atoms with Gasteiger partial charge < -0.3 is 9.84 Å². The lowest BCUT2D eigenvalue weighted by Gasteiger charge is -2.32. The predicted molar refractivity (Wildman–Crippen MR) is 149 cm³/mol. The molecular formula is C29H35F3N2O6S. The van der Waals surface area contributed by atoms with Gasteiger partial charge in [0.2, 0.25) is 0 Å². The van der Waals surface area contributed by atoms with Crippen molar-refractivity contribution >= 4 is 26.7 Å². The number of alkyl halides is 1. The van der Waals surface area contributed by atoms with E-state index >= 15 is 8.78 Å². The summed E-state index contributed by atoms with van der Waals surface area (Å²) in [7, 11) is -3.17. The summed E-state index contributed by atoms with van der Waals surface area (Å²) in [5.41, 5.74) is -3.41. The fourth-order valence-electron chi connectivity index (χ4n) is 5.03. The second kappa shape index (κ2) is 10.9. The Labute approximate surface area is 236 Å². The Balaban J connectivity index is 1.87. The number of sulfone groups is 1. The SMILES string of the molecule is CC(F)COc1ccc(F)c(-n2c(=O)n([C@H](C)C(C)(C)O)c3cc(C(=O)CC4(C)CCS(=O)(=O)CC4)c(F)cc32)c1. The molecule has 1 N–H and O–H groups in total. The van der Waals surface area contributed by atoms with Crippen LogP contribution in [0.5, 0.6) is 5.75 Å². The smallest absolute Gasteiger partial charge is 0.334 e. The summed E-state index contributed by atoms with van der Waals surface area (Å²) in [6, 6.07) is 4.83. The van der Waals surface area contributed by atoms with Gasteiger partial charge in [-0.05, 0) is 64.2 Å². The van der Waals surface area contributed by atoms with Crippen molar-refractivity contribution in [2.45, 2.75) is 71.7 Å². The first-order chi connectivity index (χ1) is 18.9. The Kier molecular flexibility index (Phi) is 8.23. The van der Waals surface area contributed by atoms with Crippen molar-refractivity contribution in [2.75, 3.05) is 18.1 Å². The molecule has 1 aromatic heterocycles. The molecule has 0 amide bonds. The maximum atomic E-state index is 15.6. The van der Waals surface area contributed by atoms with Crippen LogP contribution in [0.1, 0.15) is 70.3 Å².